The first-order chi connectivity index (χ1) is 13.0. The molecule has 2 rings (SSSR count). The first kappa shape index (κ1) is 20.9. The Morgan fingerprint density at radius 2 is 1.93 bits per heavy atom. The molecule has 1 aliphatic rings. The summed E-state index contributed by atoms with van der Waals surface area (Å²) >= 11 is 0. The number of carbonyl (C=O) groups is 3. The van der Waals surface area contributed by atoms with Gasteiger partial charge in [0.15, 0.2) is 6.61 Å². The van der Waals surface area contributed by atoms with Crippen LogP contribution in [0.1, 0.15) is 51.0 Å². The number of hydrogen-bond acceptors (Lipinski definition) is 5. The predicted molar refractivity (Wildman–Crippen MR) is 96.4 cm³/mol. The molecule has 1 aliphatic carbocycles. The lowest BCUT2D eigenvalue weighted by molar-refractivity contribution is -0.154. The molecule has 1 N–H and O–H groups in total. The second-order valence-electron chi connectivity index (χ2n) is 6.63. The highest BCUT2D eigenvalue weighted by molar-refractivity contribution is 5.86. The minimum atomic E-state index is -0.883. The summed E-state index contributed by atoms with van der Waals surface area (Å²) in [6.07, 6.45) is 3.53. The molecule has 1 fully saturated rings. The van der Waals surface area contributed by atoms with E-state index in [0.29, 0.717) is 38.0 Å². The monoisotopic (exact) mass is 379 g/mol. The van der Waals surface area contributed by atoms with Gasteiger partial charge in [0.05, 0.1) is 12.0 Å². The lowest BCUT2D eigenvalue weighted by Crippen LogP contribution is -2.38. The fourth-order valence-corrected chi connectivity index (χ4v) is 3.39. The van der Waals surface area contributed by atoms with Crippen molar-refractivity contribution < 1.29 is 28.2 Å². The summed E-state index contributed by atoms with van der Waals surface area (Å²) in [5.41, 5.74) is -0.286. The SMILES string of the molecule is CCOC(=O)CCCNC(=O)COC(=O)C1(c2cccc(F)c2)CCCC1. The topological polar surface area (TPSA) is 81.7 Å². The summed E-state index contributed by atoms with van der Waals surface area (Å²) in [5, 5.41) is 2.60. The molecule has 7 heteroatoms. The van der Waals surface area contributed by atoms with Gasteiger partial charge in [-0.25, -0.2) is 4.39 Å². The Morgan fingerprint density at radius 1 is 1.19 bits per heavy atom. The normalized spacial score (nSPS) is 15.2. The molecule has 0 bridgehead atoms. The van der Waals surface area contributed by atoms with E-state index in [0.717, 1.165) is 12.8 Å². The summed E-state index contributed by atoms with van der Waals surface area (Å²) in [4.78, 5) is 35.8. The number of amides is 1. The zero-order valence-electron chi connectivity index (χ0n) is 15.6. The molecule has 0 aromatic heterocycles. The average molecular weight is 379 g/mol. The molecular formula is C20H26FNO5. The van der Waals surface area contributed by atoms with Gasteiger partial charge in [0.25, 0.3) is 5.91 Å². The van der Waals surface area contributed by atoms with Crippen LogP contribution in [0, 0.1) is 5.82 Å². The highest BCUT2D eigenvalue weighted by Gasteiger charge is 2.44. The van der Waals surface area contributed by atoms with Crippen molar-refractivity contribution in [2.24, 2.45) is 0 Å². The van der Waals surface area contributed by atoms with E-state index in [2.05, 4.69) is 5.32 Å². The zero-order chi connectivity index (χ0) is 19.7. The van der Waals surface area contributed by atoms with Crippen LogP contribution in [0.25, 0.3) is 0 Å². The number of rotatable bonds is 9. The molecule has 1 aromatic rings. The summed E-state index contributed by atoms with van der Waals surface area (Å²) in [7, 11) is 0. The number of nitrogens with one attached hydrogen (secondary N) is 1. The Bertz CT molecular complexity index is 670. The van der Waals surface area contributed by atoms with Crippen LogP contribution in [0.15, 0.2) is 24.3 Å². The van der Waals surface area contributed by atoms with Crippen LogP contribution in [-0.2, 0) is 29.3 Å². The van der Waals surface area contributed by atoms with Crippen LogP contribution in [0.4, 0.5) is 4.39 Å². The van der Waals surface area contributed by atoms with Gasteiger partial charge in [-0.2, -0.15) is 0 Å². The highest BCUT2D eigenvalue weighted by Crippen LogP contribution is 2.42. The fraction of sp³-hybridized carbons (Fsp3) is 0.550. The van der Waals surface area contributed by atoms with Crippen LogP contribution < -0.4 is 5.32 Å². The molecule has 148 valence electrons. The molecular weight excluding hydrogens is 353 g/mol. The van der Waals surface area contributed by atoms with E-state index in [1.165, 1.54) is 12.1 Å². The van der Waals surface area contributed by atoms with Crippen LogP contribution in [-0.4, -0.2) is 37.6 Å². The minimum absolute atomic E-state index is 0.219. The van der Waals surface area contributed by atoms with Gasteiger partial charge in [0.2, 0.25) is 0 Å². The van der Waals surface area contributed by atoms with E-state index in [9.17, 15) is 18.8 Å². The van der Waals surface area contributed by atoms with Crippen molar-refractivity contribution in [1.29, 1.82) is 0 Å². The van der Waals surface area contributed by atoms with Gasteiger partial charge in [-0.05, 0) is 43.9 Å². The molecule has 6 nitrogen and oxygen atoms in total. The van der Waals surface area contributed by atoms with E-state index in [4.69, 9.17) is 9.47 Å². The van der Waals surface area contributed by atoms with E-state index in [-0.39, 0.29) is 12.4 Å². The number of benzene rings is 1. The summed E-state index contributed by atoms with van der Waals surface area (Å²) < 4.78 is 23.6. The molecule has 1 saturated carbocycles. The smallest absolute Gasteiger partial charge is 0.317 e. The molecule has 27 heavy (non-hydrogen) atoms. The van der Waals surface area contributed by atoms with E-state index >= 15 is 0 Å². The van der Waals surface area contributed by atoms with Crippen molar-refractivity contribution in [3.8, 4) is 0 Å². The van der Waals surface area contributed by atoms with Gasteiger partial charge in [-0.15, -0.1) is 0 Å². The number of carbonyl (C=O) groups excluding carboxylic acids is 3. The Balaban J connectivity index is 1.82. The van der Waals surface area contributed by atoms with Crippen molar-refractivity contribution >= 4 is 17.8 Å². The molecule has 1 amide bonds. The summed E-state index contributed by atoms with van der Waals surface area (Å²) in [6, 6.07) is 6.00. The lowest BCUT2D eigenvalue weighted by Gasteiger charge is -2.27. The minimum Gasteiger partial charge on any atom is -0.466 e. The van der Waals surface area contributed by atoms with Gasteiger partial charge in [0, 0.05) is 13.0 Å². The standard InChI is InChI=1S/C20H26FNO5/c1-2-26-18(24)9-6-12-22-17(23)14-27-19(25)20(10-3-4-11-20)15-7-5-8-16(21)13-15/h5,7-8,13H,2-4,6,9-12,14H2,1H3,(H,22,23). The van der Waals surface area contributed by atoms with Crippen molar-refractivity contribution in [2.45, 2.75) is 50.9 Å². The molecule has 0 atom stereocenters. The first-order valence-electron chi connectivity index (χ1n) is 9.33. The van der Waals surface area contributed by atoms with Gasteiger partial charge < -0.3 is 14.8 Å². The van der Waals surface area contributed by atoms with E-state index in [1.54, 1.807) is 19.1 Å². The summed E-state index contributed by atoms with van der Waals surface area (Å²) in [5.74, 6) is -1.63. The maximum absolute atomic E-state index is 13.6. The average Bonchev–Trinajstić information content (AvgIpc) is 3.15. The highest BCUT2D eigenvalue weighted by atomic mass is 19.1. The fourth-order valence-electron chi connectivity index (χ4n) is 3.39. The Morgan fingerprint density at radius 3 is 2.59 bits per heavy atom. The van der Waals surface area contributed by atoms with Crippen LogP contribution in [0.5, 0.6) is 0 Å². The third-order valence-electron chi connectivity index (χ3n) is 4.74. The molecule has 0 heterocycles. The molecule has 0 aliphatic heterocycles. The van der Waals surface area contributed by atoms with Crippen LogP contribution >= 0.6 is 0 Å². The van der Waals surface area contributed by atoms with Crippen LogP contribution in [0.3, 0.4) is 0 Å². The van der Waals surface area contributed by atoms with Crippen molar-refractivity contribution in [2.75, 3.05) is 19.8 Å². The number of halogens is 1. The van der Waals surface area contributed by atoms with E-state index in [1.807, 2.05) is 0 Å². The van der Waals surface area contributed by atoms with E-state index < -0.39 is 29.7 Å². The van der Waals surface area contributed by atoms with Gasteiger partial charge in [-0.1, -0.05) is 25.0 Å². The molecule has 0 unspecified atom stereocenters. The maximum Gasteiger partial charge on any atom is 0.317 e. The predicted octanol–water partition coefficient (Wildman–Crippen LogP) is 2.64. The molecule has 0 spiro atoms. The lowest BCUT2D eigenvalue weighted by atomic mass is 9.79. The maximum atomic E-state index is 13.6. The third kappa shape index (κ3) is 5.77. The Labute approximate surface area is 158 Å². The first-order valence-corrected chi connectivity index (χ1v) is 9.33. The number of esters is 2. The largest absolute Gasteiger partial charge is 0.466 e. The van der Waals surface area contributed by atoms with Crippen molar-refractivity contribution in [3.63, 3.8) is 0 Å². The van der Waals surface area contributed by atoms with Crippen molar-refractivity contribution in [3.05, 3.63) is 35.6 Å². The summed E-state index contributed by atoms with van der Waals surface area (Å²) in [6.45, 7) is 1.96. The molecule has 1 aromatic carbocycles. The number of ether oxygens (including phenoxy) is 2. The number of hydrogen-bond donors (Lipinski definition) is 1. The second-order valence-corrected chi connectivity index (χ2v) is 6.63. The quantitative estimate of drug-likeness (QED) is 0.527. The van der Waals surface area contributed by atoms with Gasteiger partial charge >= 0.3 is 11.9 Å². The Kier molecular flexibility index (Phi) is 7.76. The third-order valence-corrected chi connectivity index (χ3v) is 4.74. The molecule has 0 saturated heterocycles. The van der Waals surface area contributed by atoms with Gasteiger partial charge in [0.1, 0.15) is 5.82 Å². The van der Waals surface area contributed by atoms with Crippen LogP contribution in [0.2, 0.25) is 0 Å². The zero-order valence-corrected chi connectivity index (χ0v) is 15.6. The Hall–Kier alpha value is -2.44. The van der Waals surface area contributed by atoms with Gasteiger partial charge in [-0.3, -0.25) is 14.4 Å². The van der Waals surface area contributed by atoms with Crippen molar-refractivity contribution in [1.82, 2.24) is 5.32 Å². The molecule has 0 radical (unpaired) electrons. The second kappa shape index (κ2) is 10.0.